The van der Waals surface area contributed by atoms with E-state index in [1.807, 2.05) is 0 Å². The van der Waals surface area contributed by atoms with Crippen molar-refractivity contribution in [2.45, 2.75) is 55.9 Å². The fourth-order valence-corrected chi connectivity index (χ4v) is 5.47. The molecule has 1 aromatic carbocycles. The lowest BCUT2D eigenvalue weighted by atomic mass is 10.1. The molecule has 2 heterocycles. The second-order valence-corrected chi connectivity index (χ2v) is 9.18. The van der Waals surface area contributed by atoms with Crippen LogP contribution in [0.5, 0.6) is 0 Å². The van der Waals surface area contributed by atoms with E-state index < -0.39 is 16.0 Å². The number of benzene rings is 1. The molecule has 2 fully saturated rings. The quantitative estimate of drug-likeness (QED) is 0.827. The molecule has 8 heteroatoms. The Morgan fingerprint density at radius 1 is 1.04 bits per heavy atom. The fourth-order valence-electron chi connectivity index (χ4n) is 3.90. The maximum Gasteiger partial charge on any atom is 0.305 e. The Hall–Kier alpha value is -1.93. The van der Waals surface area contributed by atoms with Gasteiger partial charge in [0.05, 0.1) is 11.3 Å². The molecular formula is C19H26N2O5S. The van der Waals surface area contributed by atoms with Gasteiger partial charge in [0.25, 0.3) is 5.91 Å². The number of carbonyl (C=O) groups excluding carboxylic acids is 1. The minimum Gasteiger partial charge on any atom is -0.481 e. The van der Waals surface area contributed by atoms with Gasteiger partial charge in [0, 0.05) is 31.2 Å². The summed E-state index contributed by atoms with van der Waals surface area (Å²) >= 11 is 0. The van der Waals surface area contributed by atoms with Crippen LogP contribution in [-0.2, 0) is 14.8 Å². The van der Waals surface area contributed by atoms with Gasteiger partial charge < -0.3 is 10.0 Å². The summed E-state index contributed by atoms with van der Waals surface area (Å²) in [5.41, 5.74) is 0.295. The van der Waals surface area contributed by atoms with E-state index in [-0.39, 0.29) is 23.3 Å². The Kier molecular flexibility index (Phi) is 6.16. The van der Waals surface area contributed by atoms with E-state index in [1.165, 1.54) is 16.4 Å². The number of rotatable bonds is 5. The number of amides is 1. The van der Waals surface area contributed by atoms with Crippen LogP contribution in [0.1, 0.15) is 55.3 Å². The molecule has 0 spiro atoms. The van der Waals surface area contributed by atoms with Crippen LogP contribution in [0.15, 0.2) is 29.2 Å². The van der Waals surface area contributed by atoms with Crippen molar-refractivity contribution in [2.24, 2.45) is 0 Å². The molecule has 2 saturated heterocycles. The summed E-state index contributed by atoms with van der Waals surface area (Å²) in [7, 11) is -3.63. The molecule has 1 amide bonds. The van der Waals surface area contributed by atoms with Crippen molar-refractivity contribution >= 4 is 21.9 Å². The number of aliphatic carboxylic acids is 1. The van der Waals surface area contributed by atoms with Gasteiger partial charge in [-0.15, -0.1) is 0 Å². The summed E-state index contributed by atoms with van der Waals surface area (Å²) < 4.78 is 27.4. The van der Waals surface area contributed by atoms with Crippen LogP contribution in [0.2, 0.25) is 0 Å². The van der Waals surface area contributed by atoms with E-state index >= 15 is 0 Å². The third-order valence-electron chi connectivity index (χ3n) is 5.33. The Labute approximate surface area is 160 Å². The molecule has 2 aliphatic heterocycles. The number of carboxylic acid groups (broad SMARTS) is 1. The molecule has 0 saturated carbocycles. The average molecular weight is 394 g/mol. The number of carboxylic acids is 1. The lowest BCUT2D eigenvalue weighted by Gasteiger charge is -2.24. The van der Waals surface area contributed by atoms with Crippen LogP contribution in [0.3, 0.4) is 0 Å². The minimum atomic E-state index is -3.63. The molecule has 1 unspecified atom stereocenters. The van der Waals surface area contributed by atoms with Crippen LogP contribution in [0.4, 0.5) is 0 Å². The highest BCUT2D eigenvalue weighted by atomic mass is 32.2. The van der Waals surface area contributed by atoms with Crippen molar-refractivity contribution in [3.63, 3.8) is 0 Å². The highest BCUT2D eigenvalue weighted by molar-refractivity contribution is 7.89. The Morgan fingerprint density at radius 2 is 1.74 bits per heavy atom. The summed E-state index contributed by atoms with van der Waals surface area (Å²) in [6, 6.07) is 5.80. The molecule has 7 nitrogen and oxygen atoms in total. The molecule has 3 rings (SSSR count). The summed E-state index contributed by atoms with van der Waals surface area (Å²) in [6.45, 7) is 1.51. The highest BCUT2D eigenvalue weighted by Gasteiger charge is 2.32. The van der Waals surface area contributed by atoms with Crippen LogP contribution in [-0.4, -0.2) is 60.3 Å². The monoisotopic (exact) mass is 394 g/mol. The van der Waals surface area contributed by atoms with E-state index in [2.05, 4.69) is 0 Å². The van der Waals surface area contributed by atoms with Crippen molar-refractivity contribution in [1.29, 1.82) is 0 Å². The molecule has 27 heavy (non-hydrogen) atoms. The third kappa shape index (κ3) is 4.50. The summed E-state index contributed by atoms with van der Waals surface area (Å²) in [4.78, 5) is 25.6. The Bertz CT molecular complexity index is 800. The second kappa shape index (κ2) is 8.39. The maximum absolute atomic E-state index is 13.0. The minimum absolute atomic E-state index is 0.0858. The third-order valence-corrected chi connectivity index (χ3v) is 7.23. The zero-order valence-corrected chi connectivity index (χ0v) is 16.2. The smallest absolute Gasteiger partial charge is 0.305 e. The lowest BCUT2D eigenvalue weighted by molar-refractivity contribution is -0.137. The van der Waals surface area contributed by atoms with Gasteiger partial charge in [-0.1, -0.05) is 18.9 Å². The first-order valence-corrected chi connectivity index (χ1v) is 11.0. The van der Waals surface area contributed by atoms with Crippen molar-refractivity contribution in [3.05, 3.63) is 29.8 Å². The van der Waals surface area contributed by atoms with E-state index in [1.54, 1.807) is 17.0 Å². The fraction of sp³-hybridized carbons (Fsp3) is 0.579. The molecule has 2 aliphatic rings. The van der Waals surface area contributed by atoms with Gasteiger partial charge in [0.1, 0.15) is 0 Å². The van der Waals surface area contributed by atoms with Crippen molar-refractivity contribution in [3.8, 4) is 0 Å². The van der Waals surface area contributed by atoms with E-state index in [0.29, 0.717) is 31.6 Å². The van der Waals surface area contributed by atoms with Gasteiger partial charge in [-0.3, -0.25) is 9.59 Å². The number of sulfonamides is 1. The van der Waals surface area contributed by atoms with E-state index in [0.717, 1.165) is 32.1 Å². The number of nitrogens with zero attached hydrogens (tertiary/aromatic N) is 2. The Morgan fingerprint density at radius 3 is 2.41 bits per heavy atom. The highest BCUT2D eigenvalue weighted by Crippen LogP contribution is 2.25. The van der Waals surface area contributed by atoms with Crippen LogP contribution >= 0.6 is 0 Å². The predicted molar refractivity (Wildman–Crippen MR) is 100.0 cm³/mol. The van der Waals surface area contributed by atoms with Crippen LogP contribution in [0, 0.1) is 0 Å². The molecule has 148 valence electrons. The van der Waals surface area contributed by atoms with Gasteiger partial charge in [-0.2, -0.15) is 4.31 Å². The van der Waals surface area contributed by atoms with Crippen molar-refractivity contribution in [1.82, 2.24) is 9.21 Å². The molecule has 0 radical (unpaired) electrons. The van der Waals surface area contributed by atoms with Gasteiger partial charge in [-0.25, -0.2) is 8.42 Å². The molecule has 1 N–H and O–H groups in total. The normalized spacial score (nSPS) is 21.8. The maximum atomic E-state index is 13.0. The topological polar surface area (TPSA) is 95.0 Å². The molecule has 0 bridgehead atoms. The number of hydrogen-bond acceptors (Lipinski definition) is 4. The largest absolute Gasteiger partial charge is 0.481 e. The zero-order valence-electron chi connectivity index (χ0n) is 15.3. The van der Waals surface area contributed by atoms with E-state index in [4.69, 9.17) is 5.11 Å². The van der Waals surface area contributed by atoms with Gasteiger partial charge in [-0.05, 0) is 43.9 Å². The lowest BCUT2D eigenvalue weighted by Crippen LogP contribution is -2.37. The molecular weight excluding hydrogens is 368 g/mol. The number of carbonyl (C=O) groups is 2. The average Bonchev–Trinajstić information content (AvgIpc) is 2.91. The van der Waals surface area contributed by atoms with Crippen molar-refractivity contribution < 1.29 is 23.1 Å². The SMILES string of the molecule is O=C(O)CC1CCCN1C(=O)c1cccc(S(=O)(=O)N2CCCCCC2)c1. The number of likely N-dealkylation sites (tertiary alicyclic amines) is 1. The predicted octanol–water partition coefficient (Wildman–Crippen LogP) is 2.33. The molecule has 1 atom stereocenters. The number of hydrogen-bond donors (Lipinski definition) is 1. The molecule has 0 aliphatic carbocycles. The van der Waals surface area contributed by atoms with E-state index in [9.17, 15) is 18.0 Å². The first kappa shape index (κ1) is 19.8. The van der Waals surface area contributed by atoms with Gasteiger partial charge >= 0.3 is 5.97 Å². The van der Waals surface area contributed by atoms with Crippen LogP contribution < -0.4 is 0 Å². The molecule has 0 aromatic heterocycles. The summed E-state index contributed by atoms with van der Waals surface area (Å²) in [5.74, 6) is -1.23. The van der Waals surface area contributed by atoms with Gasteiger partial charge in [0.2, 0.25) is 10.0 Å². The van der Waals surface area contributed by atoms with Crippen LogP contribution in [0.25, 0.3) is 0 Å². The Balaban J connectivity index is 1.82. The summed E-state index contributed by atoms with van der Waals surface area (Å²) in [5, 5.41) is 9.04. The van der Waals surface area contributed by atoms with Crippen molar-refractivity contribution in [2.75, 3.05) is 19.6 Å². The zero-order chi connectivity index (χ0) is 19.4. The molecule has 1 aromatic rings. The van der Waals surface area contributed by atoms with Gasteiger partial charge in [0.15, 0.2) is 0 Å². The first-order valence-electron chi connectivity index (χ1n) is 9.52. The standard InChI is InChI=1S/C19H26N2O5S/c22-18(23)14-16-8-6-12-21(16)19(24)15-7-5-9-17(13-15)27(25,26)20-10-3-1-2-4-11-20/h5,7,9,13,16H,1-4,6,8,10-12,14H2,(H,22,23). The summed E-state index contributed by atoms with van der Waals surface area (Å²) in [6.07, 6.45) is 5.09. The first-order chi connectivity index (χ1) is 12.9. The second-order valence-electron chi connectivity index (χ2n) is 7.24.